The van der Waals surface area contributed by atoms with E-state index in [9.17, 15) is 14.7 Å². The molecular formula is C14H22N2O3S2. The van der Waals surface area contributed by atoms with Crippen LogP contribution in [0.2, 0.25) is 0 Å². The number of thioether (sulfide) groups is 1. The molecule has 7 heteroatoms. The SMILES string of the molecule is CSCC[C@@H](NC(=O)N(Cc1cccs1)C(C)C)C(=O)O. The average Bonchev–Trinajstić information content (AvgIpc) is 2.92. The topological polar surface area (TPSA) is 69.6 Å². The molecule has 5 nitrogen and oxygen atoms in total. The molecule has 1 aromatic rings. The Labute approximate surface area is 133 Å². The molecule has 2 amide bonds. The Hall–Kier alpha value is -1.21. The van der Waals surface area contributed by atoms with Crippen LogP contribution in [-0.4, -0.2) is 46.1 Å². The second-order valence-electron chi connectivity index (χ2n) is 4.92. The average molecular weight is 330 g/mol. The highest BCUT2D eigenvalue weighted by atomic mass is 32.2. The van der Waals surface area contributed by atoms with Crippen molar-refractivity contribution in [2.75, 3.05) is 12.0 Å². The van der Waals surface area contributed by atoms with Crippen LogP contribution in [0.1, 0.15) is 25.1 Å². The molecule has 0 spiro atoms. The van der Waals surface area contributed by atoms with Crippen LogP contribution in [0.3, 0.4) is 0 Å². The minimum atomic E-state index is -0.989. The first-order chi connectivity index (χ1) is 9.95. The Morgan fingerprint density at radius 3 is 2.67 bits per heavy atom. The highest BCUT2D eigenvalue weighted by Crippen LogP contribution is 2.14. The fourth-order valence-electron chi connectivity index (χ4n) is 1.78. The van der Waals surface area contributed by atoms with E-state index in [2.05, 4.69) is 5.32 Å². The molecule has 21 heavy (non-hydrogen) atoms. The van der Waals surface area contributed by atoms with Gasteiger partial charge >= 0.3 is 12.0 Å². The number of urea groups is 1. The van der Waals surface area contributed by atoms with Gasteiger partial charge < -0.3 is 15.3 Å². The van der Waals surface area contributed by atoms with Crippen LogP contribution in [0.5, 0.6) is 0 Å². The van der Waals surface area contributed by atoms with Gasteiger partial charge in [-0.15, -0.1) is 11.3 Å². The van der Waals surface area contributed by atoms with Crippen LogP contribution in [-0.2, 0) is 11.3 Å². The molecule has 0 aliphatic heterocycles. The number of thiophene rings is 1. The van der Waals surface area contributed by atoms with Crippen molar-refractivity contribution >= 4 is 35.1 Å². The number of carboxylic acid groups (broad SMARTS) is 1. The smallest absolute Gasteiger partial charge is 0.326 e. The van der Waals surface area contributed by atoms with Crippen molar-refractivity contribution in [1.82, 2.24) is 10.2 Å². The van der Waals surface area contributed by atoms with Gasteiger partial charge in [-0.2, -0.15) is 11.8 Å². The number of carbonyl (C=O) groups is 2. The van der Waals surface area contributed by atoms with Crippen molar-refractivity contribution < 1.29 is 14.7 Å². The highest BCUT2D eigenvalue weighted by molar-refractivity contribution is 7.98. The Balaban J connectivity index is 2.68. The zero-order valence-electron chi connectivity index (χ0n) is 12.5. The van der Waals surface area contributed by atoms with E-state index in [-0.39, 0.29) is 12.1 Å². The van der Waals surface area contributed by atoms with Crippen molar-refractivity contribution in [3.05, 3.63) is 22.4 Å². The lowest BCUT2D eigenvalue weighted by molar-refractivity contribution is -0.139. The summed E-state index contributed by atoms with van der Waals surface area (Å²) in [6, 6.07) is 2.74. The zero-order chi connectivity index (χ0) is 15.8. The molecule has 0 saturated carbocycles. The van der Waals surface area contributed by atoms with Gasteiger partial charge in [-0.3, -0.25) is 0 Å². The van der Waals surface area contributed by atoms with Crippen molar-refractivity contribution in [2.45, 2.75) is 38.9 Å². The predicted octanol–water partition coefficient (Wildman–Crippen LogP) is 2.87. The van der Waals surface area contributed by atoms with E-state index in [0.717, 1.165) is 4.88 Å². The summed E-state index contributed by atoms with van der Waals surface area (Å²) in [6.45, 7) is 4.34. The van der Waals surface area contributed by atoms with Crippen LogP contribution in [0.25, 0.3) is 0 Å². The summed E-state index contributed by atoms with van der Waals surface area (Å²) in [6.07, 6.45) is 2.34. The van der Waals surface area contributed by atoms with Gasteiger partial charge in [0.1, 0.15) is 6.04 Å². The molecule has 1 aromatic heterocycles. The lowest BCUT2D eigenvalue weighted by Crippen LogP contribution is -2.49. The van der Waals surface area contributed by atoms with E-state index in [1.165, 1.54) is 0 Å². The maximum Gasteiger partial charge on any atom is 0.326 e. The number of carbonyl (C=O) groups excluding carboxylic acids is 1. The zero-order valence-corrected chi connectivity index (χ0v) is 14.2. The van der Waals surface area contributed by atoms with Gasteiger partial charge in [-0.05, 0) is 43.7 Å². The molecule has 2 N–H and O–H groups in total. The minimum absolute atomic E-state index is 0.00194. The molecule has 118 valence electrons. The minimum Gasteiger partial charge on any atom is -0.480 e. The van der Waals surface area contributed by atoms with Gasteiger partial charge in [-0.25, -0.2) is 9.59 Å². The third-order valence-corrected chi connectivity index (χ3v) is 4.50. The number of nitrogens with one attached hydrogen (secondary N) is 1. The summed E-state index contributed by atoms with van der Waals surface area (Å²) in [5.74, 6) is -0.290. The fraction of sp³-hybridized carbons (Fsp3) is 0.571. The molecule has 0 saturated heterocycles. The Morgan fingerprint density at radius 1 is 1.48 bits per heavy atom. The molecule has 0 radical (unpaired) electrons. The second kappa shape index (κ2) is 8.94. The lowest BCUT2D eigenvalue weighted by atomic mass is 10.2. The fourth-order valence-corrected chi connectivity index (χ4v) is 2.96. The number of hydrogen-bond donors (Lipinski definition) is 2. The molecule has 0 aromatic carbocycles. The van der Waals surface area contributed by atoms with Crippen LogP contribution in [0, 0.1) is 0 Å². The van der Waals surface area contributed by atoms with Crippen LogP contribution in [0.4, 0.5) is 4.79 Å². The highest BCUT2D eigenvalue weighted by Gasteiger charge is 2.24. The first-order valence-electron chi connectivity index (χ1n) is 6.77. The number of carboxylic acids is 1. The van der Waals surface area contributed by atoms with E-state index in [4.69, 9.17) is 0 Å². The Morgan fingerprint density at radius 2 is 2.19 bits per heavy atom. The van der Waals surface area contributed by atoms with Gasteiger partial charge in [0.25, 0.3) is 0 Å². The maximum absolute atomic E-state index is 12.3. The van der Waals surface area contributed by atoms with Gasteiger partial charge in [0, 0.05) is 10.9 Å². The van der Waals surface area contributed by atoms with Gasteiger partial charge in [-0.1, -0.05) is 6.07 Å². The van der Waals surface area contributed by atoms with Crippen LogP contribution in [0.15, 0.2) is 17.5 Å². The van der Waals surface area contributed by atoms with Gasteiger partial charge in [0.15, 0.2) is 0 Å². The van der Waals surface area contributed by atoms with Crippen molar-refractivity contribution in [3.63, 3.8) is 0 Å². The lowest BCUT2D eigenvalue weighted by Gasteiger charge is -2.28. The monoisotopic (exact) mass is 330 g/mol. The molecule has 0 bridgehead atoms. The summed E-state index contributed by atoms with van der Waals surface area (Å²) >= 11 is 3.15. The maximum atomic E-state index is 12.3. The quantitative estimate of drug-likeness (QED) is 0.769. The van der Waals surface area contributed by atoms with E-state index in [1.807, 2.05) is 37.6 Å². The molecule has 1 rings (SSSR count). The van der Waals surface area contributed by atoms with Crippen LogP contribution < -0.4 is 5.32 Å². The van der Waals surface area contributed by atoms with Crippen molar-refractivity contribution in [1.29, 1.82) is 0 Å². The molecule has 0 fully saturated rings. The summed E-state index contributed by atoms with van der Waals surface area (Å²) < 4.78 is 0. The predicted molar refractivity (Wildman–Crippen MR) is 88.0 cm³/mol. The second-order valence-corrected chi connectivity index (χ2v) is 6.94. The Kier molecular flexibility index (Phi) is 7.60. The normalized spacial score (nSPS) is 12.2. The van der Waals surface area contributed by atoms with Crippen molar-refractivity contribution in [2.24, 2.45) is 0 Å². The number of aliphatic carboxylic acids is 1. The summed E-state index contributed by atoms with van der Waals surface area (Å²) in [4.78, 5) is 26.3. The number of rotatable bonds is 8. The third-order valence-electron chi connectivity index (χ3n) is 3.00. The van der Waals surface area contributed by atoms with E-state index >= 15 is 0 Å². The standard InChI is InChI=1S/C14H22N2O3S2/c1-10(2)16(9-11-5-4-7-21-11)14(19)15-12(13(17)18)6-8-20-3/h4-5,7,10,12H,6,8-9H2,1-3H3,(H,15,19)(H,17,18)/t12-/m1/s1. The van der Waals surface area contributed by atoms with E-state index in [1.54, 1.807) is 28.0 Å². The molecule has 0 aliphatic rings. The van der Waals surface area contributed by atoms with Crippen molar-refractivity contribution in [3.8, 4) is 0 Å². The largest absolute Gasteiger partial charge is 0.480 e. The van der Waals surface area contributed by atoms with E-state index < -0.39 is 12.0 Å². The van der Waals surface area contributed by atoms with Gasteiger partial charge in [0.2, 0.25) is 0 Å². The number of hydrogen-bond acceptors (Lipinski definition) is 4. The summed E-state index contributed by atoms with van der Waals surface area (Å²) in [5.41, 5.74) is 0. The number of amides is 2. The Bertz CT molecular complexity index is 449. The molecule has 1 heterocycles. The van der Waals surface area contributed by atoms with E-state index in [0.29, 0.717) is 18.7 Å². The summed E-state index contributed by atoms with van der Waals surface area (Å²) in [5, 5.41) is 13.8. The first kappa shape index (κ1) is 17.8. The third kappa shape index (κ3) is 5.97. The molecular weight excluding hydrogens is 308 g/mol. The van der Waals surface area contributed by atoms with Gasteiger partial charge in [0.05, 0.1) is 6.54 Å². The molecule has 0 unspecified atom stereocenters. The first-order valence-corrected chi connectivity index (χ1v) is 9.04. The molecule has 1 atom stereocenters. The molecule has 0 aliphatic carbocycles. The summed E-state index contributed by atoms with van der Waals surface area (Å²) in [7, 11) is 0. The number of nitrogens with zero attached hydrogens (tertiary/aromatic N) is 1. The van der Waals surface area contributed by atoms with Crippen LogP contribution >= 0.6 is 23.1 Å².